The zero-order valence-electron chi connectivity index (χ0n) is 6.66. The summed E-state index contributed by atoms with van der Waals surface area (Å²) < 4.78 is 14.2. The van der Waals surface area contributed by atoms with E-state index in [0.29, 0.717) is 14.6 Å². The third-order valence-corrected chi connectivity index (χ3v) is 3.54. The second-order valence-corrected chi connectivity index (χ2v) is 4.50. The fourth-order valence-electron chi connectivity index (χ4n) is 1.13. The van der Waals surface area contributed by atoms with Gasteiger partial charge in [0.1, 0.15) is 5.82 Å². The topological polar surface area (TPSA) is 43.1 Å². The van der Waals surface area contributed by atoms with Crippen LogP contribution in [0, 0.1) is 15.9 Å². The average molecular weight is 276 g/mol. The van der Waals surface area contributed by atoms with Gasteiger partial charge in [-0.05, 0) is 12.1 Å². The fourth-order valence-corrected chi connectivity index (χ4v) is 2.62. The SMILES string of the molecule is O=[N+]([O-])c1cc2c(Br)ccc(F)c2s1. The highest BCUT2D eigenvalue weighted by Crippen LogP contribution is 2.36. The average Bonchev–Trinajstić information content (AvgIpc) is 2.57. The molecule has 0 unspecified atom stereocenters. The highest BCUT2D eigenvalue weighted by Gasteiger charge is 2.15. The largest absolute Gasteiger partial charge is 0.325 e. The Morgan fingerprint density at radius 2 is 2.21 bits per heavy atom. The number of nitro groups is 1. The third kappa shape index (κ3) is 1.40. The summed E-state index contributed by atoms with van der Waals surface area (Å²) in [4.78, 5) is 9.95. The van der Waals surface area contributed by atoms with Crippen LogP contribution >= 0.6 is 27.3 Å². The number of hydrogen-bond acceptors (Lipinski definition) is 3. The van der Waals surface area contributed by atoms with Crippen molar-refractivity contribution in [3.8, 4) is 0 Å². The normalized spacial score (nSPS) is 10.7. The molecule has 0 spiro atoms. The number of hydrogen-bond donors (Lipinski definition) is 0. The highest BCUT2D eigenvalue weighted by molar-refractivity contribution is 9.10. The molecule has 6 heteroatoms. The Labute approximate surface area is 90.4 Å². The van der Waals surface area contributed by atoms with E-state index < -0.39 is 10.7 Å². The molecule has 0 saturated heterocycles. The standard InChI is InChI=1S/C8H3BrFNO2S/c9-5-1-2-6(10)8-4(5)3-7(14-8)11(12)13/h1-3H. The minimum absolute atomic E-state index is 0.0502. The molecule has 0 atom stereocenters. The van der Waals surface area contributed by atoms with Gasteiger partial charge in [-0.1, -0.05) is 27.3 Å². The molecule has 0 amide bonds. The van der Waals surface area contributed by atoms with Crippen molar-refractivity contribution in [1.82, 2.24) is 0 Å². The molecule has 72 valence electrons. The van der Waals surface area contributed by atoms with Gasteiger partial charge in [-0.25, -0.2) is 4.39 Å². The molecule has 2 aromatic rings. The molecule has 14 heavy (non-hydrogen) atoms. The van der Waals surface area contributed by atoms with E-state index >= 15 is 0 Å². The zero-order chi connectivity index (χ0) is 10.3. The maximum Gasteiger partial charge on any atom is 0.325 e. The van der Waals surface area contributed by atoms with Crippen LogP contribution in [0.25, 0.3) is 10.1 Å². The van der Waals surface area contributed by atoms with Gasteiger partial charge in [0.25, 0.3) is 0 Å². The molecular formula is C8H3BrFNO2S. The molecule has 1 heterocycles. The number of fused-ring (bicyclic) bond motifs is 1. The molecule has 1 aromatic carbocycles. The van der Waals surface area contributed by atoms with Crippen LogP contribution in [0.3, 0.4) is 0 Å². The predicted molar refractivity (Wildman–Crippen MR) is 56.1 cm³/mol. The molecule has 0 N–H and O–H groups in total. The van der Waals surface area contributed by atoms with Gasteiger partial charge in [0.05, 0.1) is 9.62 Å². The maximum atomic E-state index is 13.2. The molecule has 0 bridgehead atoms. The number of halogens is 2. The molecule has 1 aromatic heterocycles. The van der Waals surface area contributed by atoms with E-state index in [1.807, 2.05) is 0 Å². The van der Waals surface area contributed by atoms with Crippen LogP contribution < -0.4 is 0 Å². The monoisotopic (exact) mass is 275 g/mol. The van der Waals surface area contributed by atoms with Crippen LogP contribution in [0.2, 0.25) is 0 Å². The van der Waals surface area contributed by atoms with E-state index in [-0.39, 0.29) is 5.00 Å². The van der Waals surface area contributed by atoms with Gasteiger partial charge < -0.3 is 0 Å². The lowest BCUT2D eigenvalue weighted by Crippen LogP contribution is -1.80. The first kappa shape index (κ1) is 9.54. The van der Waals surface area contributed by atoms with Crippen molar-refractivity contribution in [2.24, 2.45) is 0 Å². The zero-order valence-corrected chi connectivity index (χ0v) is 9.06. The predicted octanol–water partition coefficient (Wildman–Crippen LogP) is 3.71. The summed E-state index contributed by atoms with van der Waals surface area (Å²) in [7, 11) is 0. The molecule has 2 rings (SSSR count). The Bertz CT molecular complexity index is 486. The van der Waals surface area contributed by atoms with Crippen molar-refractivity contribution in [2.75, 3.05) is 0 Å². The van der Waals surface area contributed by atoms with Gasteiger partial charge >= 0.3 is 5.00 Å². The first-order valence-electron chi connectivity index (χ1n) is 3.61. The maximum absolute atomic E-state index is 13.2. The quantitative estimate of drug-likeness (QED) is 0.588. The van der Waals surface area contributed by atoms with Gasteiger partial charge in [-0.2, -0.15) is 0 Å². The number of nitrogens with zero attached hydrogens (tertiary/aromatic N) is 1. The lowest BCUT2D eigenvalue weighted by molar-refractivity contribution is -0.380. The lowest BCUT2D eigenvalue weighted by atomic mass is 10.2. The van der Waals surface area contributed by atoms with Gasteiger partial charge in [0.2, 0.25) is 0 Å². The number of thiophene rings is 1. The minimum atomic E-state index is -0.517. The lowest BCUT2D eigenvalue weighted by Gasteiger charge is -1.92. The van der Waals surface area contributed by atoms with Crippen molar-refractivity contribution < 1.29 is 9.31 Å². The second kappa shape index (κ2) is 3.29. The third-order valence-electron chi connectivity index (χ3n) is 1.75. The van der Waals surface area contributed by atoms with Crippen LogP contribution in [0.5, 0.6) is 0 Å². The Balaban J connectivity index is 2.82. The van der Waals surface area contributed by atoms with Gasteiger partial charge in [0, 0.05) is 15.9 Å². The van der Waals surface area contributed by atoms with Crippen molar-refractivity contribution >= 4 is 42.4 Å². The Morgan fingerprint density at radius 3 is 2.79 bits per heavy atom. The molecule has 0 fully saturated rings. The fraction of sp³-hybridized carbons (Fsp3) is 0. The molecule has 0 aliphatic carbocycles. The van der Waals surface area contributed by atoms with Gasteiger partial charge in [0.15, 0.2) is 0 Å². The van der Waals surface area contributed by atoms with Crippen molar-refractivity contribution in [2.45, 2.75) is 0 Å². The number of benzene rings is 1. The van der Waals surface area contributed by atoms with Crippen LogP contribution in [0.4, 0.5) is 9.39 Å². The molecule has 3 nitrogen and oxygen atoms in total. The highest BCUT2D eigenvalue weighted by atomic mass is 79.9. The molecule has 0 radical (unpaired) electrons. The van der Waals surface area contributed by atoms with Crippen molar-refractivity contribution in [3.63, 3.8) is 0 Å². The second-order valence-electron chi connectivity index (χ2n) is 2.61. The summed E-state index contributed by atoms with van der Waals surface area (Å²) in [5, 5.41) is 11.0. The van der Waals surface area contributed by atoms with E-state index in [1.54, 1.807) is 0 Å². The van der Waals surface area contributed by atoms with E-state index in [4.69, 9.17) is 0 Å². The Morgan fingerprint density at radius 1 is 1.50 bits per heavy atom. The smallest absolute Gasteiger partial charge is 0.258 e. The van der Waals surface area contributed by atoms with Gasteiger partial charge in [-0.15, -0.1) is 0 Å². The molecule has 0 saturated carbocycles. The molecule has 0 aliphatic rings. The van der Waals surface area contributed by atoms with E-state index in [9.17, 15) is 14.5 Å². The summed E-state index contributed by atoms with van der Waals surface area (Å²) in [6.07, 6.45) is 0. The summed E-state index contributed by atoms with van der Waals surface area (Å²) in [5.41, 5.74) is 0. The summed E-state index contributed by atoms with van der Waals surface area (Å²) in [6, 6.07) is 4.19. The van der Waals surface area contributed by atoms with Crippen LogP contribution in [-0.4, -0.2) is 4.92 Å². The molecular weight excluding hydrogens is 273 g/mol. The van der Waals surface area contributed by atoms with Crippen LogP contribution in [-0.2, 0) is 0 Å². The first-order chi connectivity index (χ1) is 6.59. The molecule has 0 aliphatic heterocycles. The number of rotatable bonds is 1. The van der Waals surface area contributed by atoms with E-state index in [1.165, 1.54) is 18.2 Å². The van der Waals surface area contributed by atoms with Crippen molar-refractivity contribution in [1.29, 1.82) is 0 Å². The van der Waals surface area contributed by atoms with Crippen LogP contribution in [0.1, 0.15) is 0 Å². The summed E-state index contributed by atoms with van der Waals surface area (Å²) in [5.74, 6) is -0.429. The van der Waals surface area contributed by atoms with Crippen molar-refractivity contribution in [3.05, 3.63) is 38.6 Å². The minimum Gasteiger partial charge on any atom is -0.258 e. The van der Waals surface area contributed by atoms with Crippen LogP contribution in [0.15, 0.2) is 22.7 Å². The van der Waals surface area contributed by atoms with E-state index in [0.717, 1.165) is 11.3 Å². The van der Waals surface area contributed by atoms with Gasteiger partial charge in [-0.3, -0.25) is 10.1 Å². The Kier molecular flexibility index (Phi) is 2.24. The first-order valence-corrected chi connectivity index (χ1v) is 5.22. The Hall–Kier alpha value is -1.01. The summed E-state index contributed by atoms with van der Waals surface area (Å²) in [6.45, 7) is 0. The van der Waals surface area contributed by atoms with E-state index in [2.05, 4.69) is 15.9 Å². The summed E-state index contributed by atoms with van der Waals surface area (Å²) >= 11 is 4.05.